The van der Waals surface area contributed by atoms with Gasteiger partial charge in [-0.25, -0.2) is 9.59 Å². The molecule has 38 heavy (non-hydrogen) atoms. The first kappa shape index (κ1) is 29.0. The molecule has 0 saturated carbocycles. The van der Waals surface area contributed by atoms with Gasteiger partial charge in [-0.2, -0.15) is 0 Å². The van der Waals surface area contributed by atoms with E-state index < -0.39 is 11.9 Å². The zero-order chi connectivity index (χ0) is 27.3. The maximum absolute atomic E-state index is 12.0. The molecule has 2 aliphatic heterocycles. The molecule has 0 amide bonds. The van der Waals surface area contributed by atoms with Crippen molar-refractivity contribution in [2.75, 3.05) is 39.6 Å². The molecule has 13 heteroatoms. The zero-order valence-corrected chi connectivity index (χ0v) is 21.5. The summed E-state index contributed by atoms with van der Waals surface area (Å²) < 4.78 is 20.7. The fraction of sp³-hybridized carbons (Fsp3) is 0.520. The number of oxime groups is 3. The van der Waals surface area contributed by atoms with Crippen molar-refractivity contribution in [3.63, 3.8) is 0 Å². The van der Waals surface area contributed by atoms with Crippen molar-refractivity contribution in [1.29, 1.82) is 0 Å². The van der Waals surface area contributed by atoms with E-state index in [0.29, 0.717) is 60.3 Å². The number of epoxide rings is 2. The monoisotopic (exact) mass is 533 g/mol. The predicted molar refractivity (Wildman–Crippen MR) is 133 cm³/mol. The number of carbonyl (C=O) groups excluding carboxylic acids is 3. The van der Waals surface area contributed by atoms with Crippen molar-refractivity contribution in [2.45, 2.75) is 45.8 Å². The van der Waals surface area contributed by atoms with Gasteiger partial charge in [-0.1, -0.05) is 15.5 Å². The molecule has 0 radical (unpaired) electrons. The quantitative estimate of drug-likeness (QED) is 0.0720. The first-order valence-corrected chi connectivity index (χ1v) is 12.0. The number of hydrogen-bond donors (Lipinski definition) is 0. The van der Waals surface area contributed by atoms with Crippen LogP contribution in [0.4, 0.5) is 0 Å². The normalized spacial score (nSPS) is 19.1. The molecule has 0 spiro atoms. The smallest absolute Gasteiger partial charge is 0.337 e. The van der Waals surface area contributed by atoms with Crippen LogP contribution >= 0.6 is 0 Å². The van der Waals surface area contributed by atoms with E-state index in [4.69, 9.17) is 28.6 Å². The van der Waals surface area contributed by atoms with Crippen LogP contribution in [0, 0.1) is 0 Å². The van der Waals surface area contributed by atoms with Crippen molar-refractivity contribution in [3.8, 4) is 0 Å². The molecule has 1 aromatic carbocycles. The summed E-state index contributed by atoms with van der Waals surface area (Å²) >= 11 is 0. The SMILES string of the molecule is C/C(=N/OC(=O)CCOCC1CO1)c1cc(/C(C)=N/OC=O)cc(/C(C)=N/OC(=O)CCOCC2CO2)c1. The number of nitrogens with zero attached hydrogens (tertiary/aromatic N) is 3. The van der Waals surface area contributed by atoms with Gasteiger partial charge in [0.15, 0.2) is 0 Å². The molecule has 0 aromatic heterocycles. The Kier molecular flexibility index (Phi) is 11.5. The minimum atomic E-state index is -0.548. The lowest BCUT2D eigenvalue weighted by Crippen LogP contribution is -2.11. The number of rotatable bonds is 17. The Hall–Kier alpha value is -3.52. The van der Waals surface area contributed by atoms with Crippen LogP contribution in [0.2, 0.25) is 0 Å². The van der Waals surface area contributed by atoms with E-state index in [1.807, 2.05) is 0 Å². The van der Waals surface area contributed by atoms with Crippen LogP contribution in [-0.2, 0) is 47.8 Å². The van der Waals surface area contributed by atoms with E-state index in [9.17, 15) is 14.4 Å². The summed E-state index contributed by atoms with van der Waals surface area (Å²) in [6.45, 7) is 7.81. The van der Waals surface area contributed by atoms with Crippen molar-refractivity contribution in [3.05, 3.63) is 34.9 Å². The third-order valence-electron chi connectivity index (χ3n) is 5.30. The van der Waals surface area contributed by atoms with Gasteiger partial charge in [-0.15, -0.1) is 0 Å². The highest BCUT2D eigenvalue weighted by atomic mass is 16.7. The van der Waals surface area contributed by atoms with Crippen LogP contribution in [0.3, 0.4) is 0 Å². The summed E-state index contributed by atoms with van der Waals surface area (Å²) in [5.41, 5.74) is 2.89. The lowest BCUT2D eigenvalue weighted by molar-refractivity contribution is -0.145. The third kappa shape index (κ3) is 10.8. The van der Waals surface area contributed by atoms with E-state index in [0.717, 1.165) is 0 Å². The maximum atomic E-state index is 12.0. The largest absolute Gasteiger partial charge is 0.378 e. The molecule has 2 unspecified atom stereocenters. The second kappa shape index (κ2) is 15.0. The molecule has 2 heterocycles. The lowest BCUT2D eigenvalue weighted by atomic mass is 9.98. The molecule has 13 nitrogen and oxygen atoms in total. The average Bonchev–Trinajstić information content (AvgIpc) is 3.85. The molecule has 2 fully saturated rings. The highest BCUT2D eigenvalue weighted by Crippen LogP contribution is 2.15. The Bertz CT molecular complexity index is 1010. The second-order valence-corrected chi connectivity index (χ2v) is 8.52. The summed E-state index contributed by atoms with van der Waals surface area (Å²) in [4.78, 5) is 49.1. The van der Waals surface area contributed by atoms with Crippen LogP contribution < -0.4 is 0 Å². The standard InChI is InChI=1S/C25H31N3O10/c1-16(26-36-15-29)19-8-20(17(2)27-37-24(30)4-6-32-11-22-13-34-22)10-21(9-19)18(3)28-38-25(31)5-7-33-12-23-14-35-23/h8-10,15,22-23H,4-7,11-14H2,1-3H3/b26-16+,27-17-,28-18+. The van der Waals surface area contributed by atoms with Gasteiger partial charge >= 0.3 is 18.4 Å². The molecule has 3 rings (SSSR count). The van der Waals surface area contributed by atoms with E-state index >= 15 is 0 Å². The number of hydrogen-bond acceptors (Lipinski definition) is 13. The molecular formula is C25H31N3O10. The summed E-state index contributed by atoms with van der Waals surface area (Å²) in [6.07, 6.45) is 0.322. The highest BCUT2D eigenvalue weighted by molar-refractivity contribution is 6.08. The van der Waals surface area contributed by atoms with Crippen LogP contribution in [0.1, 0.15) is 50.3 Å². The fourth-order valence-corrected chi connectivity index (χ4v) is 2.91. The van der Waals surface area contributed by atoms with Crippen molar-refractivity contribution in [1.82, 2.24) is 0 Å². The molecular weight excluding hydrogens is 502 g/mol. The van der Waals surface area contributed by atoms with Gasteiger partial charge in [-0.05, 0) is 39.0 Å². The van der Waals surface area contributed by atoms with Crippen LogP contribution in [0.5, 0.6) is 0 Å². The van der Waals surface area contributed by atoms with Gasteiger partial charge < -0.3 is 33.5 Å². The van der Waals surface area contributed by atoms with Gasteiger partial charge in [-0.3, -0.25) is 4.79 Å². The van der Waals surface area contributed by atoms with Gasteiger partial charge in [0.1, 0.15) is 12.2 Å². The first-order chi connectivity index (χ1) is 18.4. The Labute approximate surface area is 219 Å². The van der Waals surface area contributed by atoms with Crippen LogP contribution in [-0.4, -0.2) is 87.4 Å². The van der Waals surface area contributed by atoms with E-state index in [2.05, 4.69) is 20.3 Å². The minimum absolute atomic E-state index is 0.0418. The Balaban J connectivity index is 1.64. The first-order valence-electron chi connectivity index (χ1n) is 12.0. The van der Waals surface area contributed by atoms with Crippen molar-refractivity contribution < 1.29 is 47.8 Å². The molecule has 0 bridgehead atoms. The lowest BCUT2D eigenvalue weighted by Gasteiger charge is -2.09. The van der Waals surface area contributed by atoms with Crippen LogP contribution in [0.15, 0.2) is 33.7 Å². The van der Waals surface area contributed by atoms with E-state index in [1.54, 1.807) is 39.0 Å². The van der Waals surface area contributed by atoms with Gasteiger partial charge in [0.05, 0.1) is 69.6 Å². The average molecular weight is 534 g/mol. The molecule has 2 aliphatic rings. The van der Waals surface area contributed by atoms with E-state index in [-0.39, 0.29) is 44.7 Å². The predicted octanol–water partition coefficient (Wildman–Crippen LogP) is 1.73. The Morgan fingerprint density at radius 2 is 1.18 bits per heavy atom. The molecule has 1 aromatic rings. The molecule has 206 valence electrons. The molecule has 2 atom stereocenters. The van der Waals surface area contributed by atoms with Crippen molar-refractivity contribution >= 4 is 35.5 Å². The summed E-state index contributed by atoms with van der Waals surface area (Å²) in [6, 6.07) is 5.18. The Morgan fingerprint density at radius 1 is 0.789 bits per heavy atom. The highest BCUT2D eigenvalue weighted by Gasteiger charge is 2.23. The number of ether oxygens (including phenoxy) is 4. The van der Waals surface area contributed by atoms with Gasteiger partial charge in [0.2, 0.25) is 0 Å². The summed E-state index contributed by atoms with van der Waals surface area (Å²) in [7, 11) is 0. The van der Waals surface area contributed by atoms with Gasteiger partial charge in [0, 0.05) is 16.7 Å². The topological polar surface area (TPSA) is 160 Å². The Morgan fingerprint density at radius 3 is 1.55 bits per heavy atom. The summed E-state index contributed by atoms with van der Waals surface area (Å²) in [5, 5.41) is 11.6. The third-order valence-corrected chi connectivity index (χ3v) is 5.30. The van der Waals surface area contributed by atoms with Crippen LogP contribution in [0.25, 0.3) is 0 Å². The minimum Gasteiger partial charge on any atom is -0.378 e. The number of benzene rings is 1. The molecule has 2 saturated heterocycles. The summed E-state index contributed by atoms with van der Waals surface area (Å²) in [5.74, 6) is -1.10. The second-order valence-electron chi connectivity index (χ2n) is 8.52. The zero-order valence-electron chi connectivity index (χ0n) is 21.5. The van der Waals surface area contributed by atoms with Crippen molar-refractivity contribution in [2.24, 2.45) is 15.5 Å². The van der Waals surface area contributed by atoms with E-state index in [1.165, 1.54) is 0 Å². The van der Waals surface area contributed by atoms with Gasteiger partial charge in [0.25, 0.3) is 0 Å². The molecule has 0 N–H and O–H groups in total. The fourth-order valence-electron chi connectivity index (χ4n) is 2.91. The number of carbonyl (C=O) groups is 3. The molecule has 0 aliphatic carbocycles. The maximum Gasteiger partial charge on any atom is 0.337 e.